The van der Waals surface area contributed by atoms with E-state index in [1.165, 1.54) is 0 Å². The fraction of sp³-hybridized carbons (Fsp3) is 0.312. The summed E-state index contributed by atoms with van der Waals surface area (Å²) >= 11 is 0. The van der Waals surface area contributed by atoms with Gasteiger partial charge in [-0.15, -0.1) is 0 Å². The van der Waals surface area contributed by atoms with Crippen LogP contribution in [-0.4, -0.2) is 29.3 Å². The molecule has 0 radical (unpaired) electrons. The summed E-state index contributed by atoms with van der Waals surface area (Å²) in [5, 5.41) is 21.3. The number of carbonyl (C=O) groups is 1. The number of nitrogens with one attached hydrogen (secondary N) is 1. The molecule has 0 fully saturated rings. The van der Waals surface area contributed by atoms with Gasteiger partial charge in [-0.25, -0.2) is 0 Å². The van der Waals surface area contributed by atoms with Crippen LogP contribution in [-0.2, 0) is 4.79 Å². The second-order valence-electron chi connectivity index (χ2n) is 5.32. The Hall–Kier alpha value is -2.27. The number of benzene rings is 1. The number of hydrogen-bond donors (Lipinski definition) is 3. The molecular formula is C16H17NO4. The number of aliphatic hydroxyl groups is 1. The Labute approximate surface area is 122 Å². The first kappa shape index (κ1) is 13.7. The summed E-state index contributed by atoms with van der Waals surface area (Å²) in [6.45, 7) is 3.77. The highest BCUT2D eigenvalue weighted by Gasteiger charge is 2.40. The number of rotatable bonds is 3. The molecule has 5 nitrogen and oxygen atoms in total. The van der Waals surface area contributed by atoms with Crippen LogP contribution in [0.25, 0.3) is 0 Å². The third-order valence-electron chi connectivity index (χ3n) is 4.06. The molecule has 1 unspecified atom stereocenters. The Bertz CT molecular complexity index is 635. The predicted molar refractivity (Wildman–Crippen MR) is 76.9 cm³/mol. The molecule has 1 aliphatic carbocycles. The Balaban J connectivity index is 2.03. The van der Waals surface area contributed by atoms with Crippen molar-refractivity contribution in [3.63, 3.8) is 0 Å². The molecule has 3 N–H and O–H groups in total. The number of amides is 1. The van der Waals surface area contributed by atoms with Gasteiger partial charge in [-0.05, 0) is 18.1 Å². The number of aromatic hydroxyl groups is 1. The van der Waals surface area contributed by atoms with Crippen LogP contribution in [0.15, 0.2) is 42.1 Å². The van der Waals surface area contributed by atoms with Gasteiger partial charge >= 0.3 is 0 Å². The Morgan fingerprint density at radius 2 is 2.33 bits per heavy atom. The van der Waals surface area contributed by atoms with Crippen molar-refractivity contribution < 1.29 is 19.7 Å². The topological polar surface area (TPSA) is 78.8 Å². The second kappa shape index (κ2) is 5.26. The van der Waals surface area contributed by atoms with Gasteiger partial charge in [0.25, 0.3) is 0 Å². The van der Waals surface area contributed by atoms with Crippen molar-refractivity contribution >= 4 is 5.91 Å². The molecule has 0 spiro atoms. The minimum atomic E-state index is -0.551. The minimum Gasteiger partial charge on any atom is -0.508 e. The predicted octanol–water partition coefficient (Wildman–Crippen LogP) is 1.44. The quantitative estimate of drug-likeness (QED) is 0.786. The summed E-state index contributed by atoms with van der Waals surface area (Å²) in [7, 11) is 0. The summed E-state index contributed by atoms with van der Waals surface area (Å²) in [6.07, 6.45) is 2.51. The van der Waals surface area contributed by atoms with E-state index >= 15 is 0 Å². The van der Waals surface area contributed by atoms with Gasteiger partial charge in [-0.3, -0.25) is 4.79 Å². The maximum Gasteiger partial charge on any atom is 0.249 e. The number of fused-ring (bicyclic) bond motifs is 3. The standard InChI is InChI=1S/C16H17NO4/c1-2-9-5-10-8-21-13-6-11(19)3-4-12(13)15(10)16(9)17-14(20)7-18/h2-4,6,10,15,18-19H,1,5,7-8H2,(H,17,20)/t10?,15-/m0/s1. The molecule has 0 aromatic heterocycles. The smallest absolute Gasteiger partial charge is 0.249 e. The Kier molecular flexibility index (Phi) is 3.43. The highest BCUT2D eigenvalue weighted by Crippen LogP contribution is 2.49. The normalized spacial score (nSPS) is 23.1. The monoisotopic (exact) mass is 287 g/mol. The number of aliphatic hydroxyl groups excluding tert-OH is 1. The van der Waals surface area contributed by atoms with E-state index in [1.807, 2.05) is 6.07 Å². The highest BCUT2D eigenvalue weighted by molar-refractivity contribution is 5.79. The first-order chi connectivity index (χ1) is 10.1. The van der Waals surface area contributed by atoms with Gasteiger partial charge in [-0.2, -0.15) is 0 Å². The average Bonchev–Trinajstić information content (AvgIpc) is 2.84. The van der Waals surface area contributed by atoms with Gasteiger partial charge in [0, 0.05) is 29.2 Å². The molecule has 1 aromatic rings. The molecule has 1 aliphatic heterocycles. The zero-order chi connectivity index (χ0) is 15.0. The summed E-state index contributed by atoms with van der Waals surface area (Å²) in [5.41, 5.74) is 2.69. The average molecular weight is 287 g/mol. The highest BCUT2D eigenvalue weighted by atomic mass is 16.5. The first-order valence-corrected chi connectivity index (χ1v) is 6.86. The number of phenolic OH excluding ortho intramolecular Hbond substituents is 1. The minimum absolute atomic E-state index is 0.00199. The molecular weight excluding hydrogens is 270 g/mol. The molecule has 21 heavy (non-hydrogen) atoms. The third-order valence-corrected chi connectivity index (χ3v) is 4.06. The van der Waals surface area contributed by atoms with Gasteiger partial charge < -0.3 is 20.3 Å². The van der Waals surface area contributed by atoms with Crippen LogP contribution in [0.4, 0.5) is 0 Å². The molecule has 1 heterocycles. The fourth-order valence-electron chi connectivity index (χ4n) is 3.15. The van der Waals surface area contributed by atoms with Crippen molar-refractivity contribution in [2.45, 2.75) is 12.3 Å². The van der Waals surface area contributed by atoms with E-state index in [9.17, 15) is 9.90 Å². The van der Waals surface area contributed by atoms with Gasteiger partial charge in [0.15, 0.2) is 0 Å². The lowest BCUT2D eigenvalue weighted by molar-refractivity contribution is -0.123. The van der Waals surface area contributed by atoms with Gasteiger partial charge in [0.05, 0.1) is 6.61 Å². The molecule has 0 bridgehead atoms. The molecule has 1 aromatic carbocycles. The lowest BCUT2D eigenvalue weighted by Crippen LogP contribution is -2.32. The number of hydrogen-bond acceptors (Lipinski definition) is 4. The summed E-state index contributed by atoms with van der Waals surface area (Å²) in [4.78, 5) is 11.6. The molecule has 3 rings (SSSR count). The van der Waals surface area contributed by atoms with E-state index in [2.05, 4.69) is 11.9 Å². The van der Waals surface area contributed by atoms with E-state index < -0.39 is 12.5 Å². The SMILES string of the molecule is C=CC1=C(NC(=O)CO)[C@@H]2c3ccc(O)cc3OCC2C1. The van der Waals surface area contributed by atoms with Crippen LogP contribution in [0.5, 0.6) is 11.5 Å². The molecule has 2 atom stereocenters. The number of ether oxygens (including phenoxy) is 1. The van der Waals surface area contributed by atoms with Crippen LogP contribution in [0.3, 0.4) is 0 Å². The lowest BCUT2D eigenvalue weighted by Gasteiger charge is -2.30. The Morgan fingerprint density at radius 1 is 1.52 bits per heavy atom. The van der Waals surface area contributed by atoms with E-state index in [4.69, 9.17) is 9.84 Å². The molecule has 5 heteroatoms. The zero-order valence-corrected chi connectivity index (χ0v) is 11.5. The van der Waals surface area contributed by atoms with E-state index in [0.717, 1.165) is 23.3 Å². The maximum atomic E-state index is 11.6. The van der Waals surface area contributed by atoms with E-state index in [-0.39, 0.29) is 17.6 Å². The lowest BCUT2D eigenvalue weighted by atomic mass is 9.85. The van der Waals surface area contributed by atoms with Crippen LogP contribution in [0, 0.1) is 5.92 Å². The van der Waals surface area contributed by atoms with Crippen molar-refractivity contribution in [2.75, 3.05) is 13.2 Å². The largest absolute Gasteiger partial charge is 0.508 e. The Morgan fingerprint density at radius 3 is 3.05 bits per heavy atom. The van der Waals surface area contributed by atoms with E-state index in [0.29, 0.717) is 12.4 Å². The summed E-state index contributed by atoms with van der Waals surface area (Å²) in [5.74, 6) is 0.579. The van der Waals surface area contributed by atoms with Crippen LogP contribution >= 0.6 is 0 Å². The second-order valence-corrected chi connectivity index (χ2v) is 5.32. The van der Waals surface area contributed by atoms with Gasteiger partial charge in [-0.1, -0.05) is 18.7 Å². The van der Waals surface area contributed by atoms with E-state index in [1.54, 1.807) is 18.2 Å². The third kappa shape index (κ3) is 2.29. The first-order valence-electron chi connectivity index (χ1n) is 6.86. The van der Waals surface area contributed by atoms with Crippen molar-refractivity contribution in [1.29, 1.82) is 0 Å². The van der Waals surface area contributed by atoms with Crippen LogP contribution in [0.2, 0.25) is 0 Å². The van der Waals surface area contributed by atoms with Crippen LogP contribution in [0.1, 0.15) is 17.9 Å². The van der Waals surface area contributed by atoms with Gasteiger partial charge in [0.2, 0.25) is 5.91 Å². The van der Waals surface area contributed by atoms with Crippen molar-refractivity contribution in [2.24, 2.45) is 5.92 Å². The molecule has 110 valence electrons. The maximum absolute atomic E-state index is 11.6. The zero-order valence-electron chi connectivity index (χ0n) is 11.5. The number of allylic oxidation sites excluding steroid dienone is 3. The molecule has 2 aliphatic rings. The summed E-state index contributed by atoms with van der Waals surface area (Å²) < 4.78 is 5.71. The van der Waals surface area contributed by atoms with Gasteiger partial charge in [0.1, 0.15) is 18.1 Å². The fourth-order valence-corrected chi connectivity index (χ4v) is 3.15. The van der Waals surface area contributed by atoms with Crippen LogP contribution < -0.4 is 10.1 Å². The molecule has 0 saturated carbocycles. The number of phenols is 1. The molecule has 1 amide bonds. The summed E-state index contributed by atoms with van der Waals surface area (Å²) in [6, 6.07) is 5.02. The van der Waals surface area contributed by atoms with Crippen molar-refractivity contribution in [1.82, 2.24) is 5.32 Å². The van der Waals surface area contributed by atoms with Crippen molar-refractivity contribution in [3.05, 3.63) is 47.7 Å². The number of carbonyl (C=O) groups excluding carboxylic acids is 1. The van der Waals surface area contributed by atoms with Crippen molar-refractivity contribution in [3.8, 4) is 11.5 Å². The molecule has 0 saturated heterocycles.